The van der Waals surface area contributed by atoms with Gasteiger partial charge in [-0.25, -0.2) is 0 Å². The molecule has 0 bridgehead atoms. The lowest BCUT2D eigenvalue weighted by atomic mass is 9.92. The number of amides is 2. The third-order valence-corrected chi connectivity index (χ3v) is 4.92. The molecule has 2 heterocycles. The molecule has 1 fully saturated rings. The largest absolute Gasteiger partial charge is 0.353 e. The van der Waals surface area contributed by atoms with Gasteiger partial charge in [0.15, 0.2) is 0 Å². The van der Waals surface area contributed by atoms with Gasteiger partial charge in [-0.3, -0.25) is 19.6 Å². The molecule has 1 aromatic carbocycles. The zero-order chi connectivity index (χ0) is 20.1. The molecule has 7 nitrogen and oxygen atoms in total. The fourth-order valence-corrected chi connectivity index (χ4v) is 3.27. The number of nitrogens with one attached hydrogen (secondary N) is 3. The van der Waals surface area contributed by atoms with E-state index in [9.17, 15) is 9.59 Å². The lowest BCUT2D eigenvalue weighted by molar-refractivity contribution is -0.134. The maximum Gasteiger partial charge on any atom is 0.237 e. The van der Waals surface area contributed by atoms with Gasteiger partial charge in [-0.15, -0.1) is 0 Å². The van der Waals surface area contributed by atoms with Crippen LogP contribution in [0.3, 0.4) is 0 Å². The number of nitrogens with zero attached hydrogens (tertiary/aromatic N) is 2. The van der Waals surface area contributed by atoms with Gasteiger partial charge in [0.2, 0.25) is 11.8 Å². The van der Waals surface area contributed by atoms with Gasteiger partial charge in [-0.2, -0.15) is 5.10 Å². The van der Waals surface area contributed by atoms with Gasteiger partial charge in [0.25, 0.3) is 0 Å². The van der Waals surface area contributed by atoms with Gasteiger partial charge in [0.1, 0.15) is 0 Å². The normalized spacial score (nSPS) is 18.0. The first-order valence-electron chi connectivity index (χ1n) is 9.70. The Labute approximate surface area is 165 Å². The van der Waals surface area contributed by atoms with Crippen LogP contribution in [0.5, 0.6) is 0 Å². The molecule has 0 saturated carbocycles. The molecule has 3 N–H and O–H groups in total. The highest BCUT2D eigenvalue weighted by atomic mass is 16.2. The van der Waals surface area contributed by atoms with Crippen LogP contribution in [0.15, 0.2) is 36.4 Å². The van der Waals surface area contributed by atoms with E-state index in [0.717, 1.165) is 23.5 Å². The number of aromatic nitrogens is 2. The fourth-order valence-electron chi connectivity index (χ4n) is 3.27. The van der Waals surface area contributed by atoms with Crippen molar-refractivity contribution in [1.29, 1.82) is 0 Å². The lowest BCUT2D eigenvalue weighted by Crippen LogP contribution is -2.56. The Morgan fingerprint density at radius 1 is 1.29 bits per heavy atom. The molecule has 2 amide bonds. The molecule has 0 spiro atoms. The molecule has 150 valence electrons. The molecule has 1 atom stereocenters. The molecule has 0 unspecified atom stereocenters. The lowest BCUT2D eigenvalue weighted by Gasteiger charge is -2.34. The minimum Gasteiger partial charge on any atom is -0.353 e. The first-order chi connectivity index (χ1) is 13.3. The van der Waals surface area contributed by atoms with E-state index in [1.165, 1.54) is 0 Å². The Morgan fingerprint density at radius 3 is 2.71 bits per heavy atom. The summed E-state index contributed by atoms with van der Waals surface area (Å²) < 4.78 is 0. The Bertz CT molecular complexity index is 810. The van der Waals surface area contributed by atoms with Crippen molar-refractivity contribution >= 4 is 11.8 Å². The summed E-state index contributed by atoms with van der Waals surface area (Å²) in [6.07, 6.45) is 0.138. The second kappa shape index (κ2) is 8.56. The van der Waals surface area contributed by atoms with Crippen molar-refractivity contribution < 1.29 is 9.59 Å². The van der Waals surface area contributed by atoms with E-state index in [0.29, 0.717) is 19.6 Å². The van der Waals surface area contributed by atoms with Gasteiger partial charge in [-0.05, 0) is 11.6 Å². The quantitative estimate of drug-likeness (QED) is 0.708. The topological polar surface area (TPSA) is 90.1 Å². The summed E-state index contributed by atoms with van der Waals surface area (Å²) in [5.74, 6) is -0.235. The van der Waals surface area contributed by atoms with Gasteiger partial charge in [0, 0.05) is 25.0 Å². The van der Waals surface area contributed by atoms with Crippen LogP contribution in [0.2, 0.25) is 0 Å². The molecular weight excluding hydrogens is 354 g/mol. The van der Waals surface area contributed by atoms with Crippen LogP contribution in [-0.2, 0) is 28.1 Å². The number of benzene rings is 1. The van der Waals surface area contributed by atoms with Crippen LogP contribution in [0.4, 0.5) is 0 Å². The predicted octanol–water partition coefficient (Wildman–Crippen LogP) is 1.71. The molecule has 3 rings (SSSR count). The van der Waals surface area contributed by atoms with Gasteiger partial charge < -0.3 is 10.6 Å². The molecule has 0 radical (unpaired) electrons. The number of hydrogen-bond acceptors (Lipinski definition) is 4. The average Bonchev–Trinajstić information content (AvgIpc) is 3.13. The molecule has 1 aliphatic rings. The van der Waals surface area contributed by atoms with E-state index in [1.54, 1.807) is 0 Å². The molecule has 1 aromatic heterocycles. The van der Waals surface area contributed by atoms with Crippen LogP contribution in [0, 0.1) is 0 Å². The first-order valence-corrected chi connectivity index (χ1v) is 9.70. The van der Waals surface area contributed by atoms with E-state index >= 15 is 0 Å². The molecule has 2 aromatic rings. The number of aromatic amines is 1. The molecule has 0 aliphatic carbocycles. The van der Waals surface area contributed by atoms with Crippen molar-refractivity contribution in [3.63, 3.8) is 0 Å². The van der Waals surface area contributed by atoms with Crippen molar-refractivity contribution in [3.8, 4) is 0 Å². The van der Waals surface area contributed by atoms with Crippen LogP contribution >= 0.6 is 0 Å². The standard InChI is InChI=1S/C21H29N5O2/c1-21(2,3)18-11-16(24-25-18)13-23-19(27)12-17-20(28)22-9-10-26(17)14-15-7-5-4-6-8-15/h4-8,11,17H,9-10,12-14H2,1-3H3,(H,22,28)(H,23,27)(H,24,25)/t17-/m0/s1. The highest BCUT2D eigenvalue weighted by Gasteiger charge is 2.31. The number of carbonyl (C=O) groups excluding carboxylic acids is 2. The minimum atomic E-state index is -0.458. The van der Waals surface area contributed by atoms with E-state index < -0.39 is 6.04 Å². The number of rotatable bonds is 6. The van der Waals surface area contributed by atoms with Gasteiger partial charge in [0.05, 0.1) is 30.4 Å². The minimum absolute atomic E-state index is 0.0448. The van der Waals surface area contributed by atoms with Crippen molar-refractivity contribution in [3.05, 3.63) is 53.3 Å². The maximum absolute atomic E-state index is 12.5. The van der Waals surface area contributed by atoms with E-state index in [2.05, 4.69) is 46.5 Å². The number of piperazine rings is 1. The summed E-state index contributed by atoms with van der Waals surface area (Å²) in [4.78, 5) is 26.9. The second-order valence-corrected chi connectivity index (χ2v) is 8.27. The Kier molecular flexibility index (Phi) is 6.14. The van der Waals surface area contributed by atoms with Crippen molar-refractivity contribution in [2.24, 2.45) is 0 Å². The highest BCUT2D eigenvalue weighted by molar-refractivity contribution is 5.88. The second-order valence-electron chi connectivity index (χ2n) is 8.27. The number of H-pyrrole nitrogens is 1. The zero-order valence-corrected chi connectivity index (χ0v) is 16.8. The zero-order valence-electron chi connectivity index (χ0n) is 16.8. The van der Waals surface area contributed by atoms with Gasteiger partial charge >= 0.3 is 0 Å². The summed E-state index contributed by atoms with van der Waals surface area (Å²) >= 11 is 0. The smallest absolute Gasteiger partial charge is 0.237 e. The maximum atomic E-state index is 12.5. The van der Waals surface area contributed by atoms with Gasteiger partial charge in [-0.1, -0.05) is 51.1 Å². The Hall–Kier alpha value is -2.67. The van der Waals surface area contributed by atoms with Crippen LogP contribution in [0.1, 0.15) is 44.1 Å². The third-order valence-electron chi connectivity index (χ3n) is 4.92. The van der Waals surface area contributed by atoms with Crippen molar-refractivity contribution in [2.75, 3.05) is 13.1 Å². The predicted molar refractivity (Wildman–Crippen MR) is 107 cm³/mol. The third kappa shape index (κ3) is 5.19. The molecule has 1 aliphatic heterocycles. The Balaban J connectivity index is 1.57. The summed E-state index contributed by atoms with van der Waals surface area (Å²) in [7, 11) is 0. The van der Waals surface area contributed by atoms with Crippen LogP contribution in [-0.4, -0.2) is 46.0 Å². The SMILES string of the molecule is CC(C)(C)c1cc(CNC(=O)C[C@H]2C(=O)NCCN2Cc2ccccc2)[nH]n1. The first kappa shape index (κ1) is 20.1. The fraction of sp³-hybridized carbons (Fsp3) is 0.476. The highest BCUT2D eigenvalue weighted by Crippen LogP contribution is 2.20. The van der Waals surface area contributed by atoms with E-state index in [-0.39, 0.29) is 23.7 Å². The average molecular weight is 383 g/mol. The number of carbonyl (C=O) groups is 2. The van der Waals surface area contributed by atoms with E-state index in [4.69, 9.17) is 0 Å². The molecular formula is C21H29N5O2. The monoisotopic (exact) mass is 383 g/mol. The van der Waals surface area contributed by atoms with Crippen molar-refractivity contribution in [1.82, 2.24) is 25.7 Å². The van der Waals surface area contributed by atoms with Crippen LogP contribution in [0.25, 0.3) is 0 Å². The Morgan fingerprint density at radius 2 is 2.04 bits per heavy atom. The molecule has 7 heteroatoms. The molecule has 28 heavy (non-hydrogen) atoms. The van der Waals surface area contributed by atoms with E-state index in [1.807, 2.05) is 36.4 Å². The summed E-state index contributed by atoms with van der Waals surface area (Å²) in [6, 6.07) is 11.5. The summed E-state index contributed by atoms with van der Waals surface area (Å²) in [6.45, 7) is 8.63. The summed E-state index contributed by atoms with van der Waals surface area (Å²) in [5, 5.41) is 13.0. The van der Waals surface area contributed by atoms with Crippen LogP contribution < -0.4 is 10.6 Å². The molecule has 1 saturated heterocycles. The summed E-state index contributed by atoms with van der Waals surface area (Å²) in [5.41, 5.74) is 2.90. The van der Waals surface area contributed by atoms with Crippen molar-refractivity contribution in [2.45, 2.75) is 51.7 Å². The number of hydrogen-bond donors (Lipinski definition) is 3.